The van der Waals surface area contributed by atoms with Gasteiger partial charge in [-0.15, -0.1) is 0 Å². The molecule has 2 aromatic carbocycles. The lowest BCUT2D eigenvalue weighted by molar-refractivity contribution is 0.355. The van der Waals surface area contributed by atoms with E-state index in [4.69, 9.17) is 9.47 Å². The van der Waals surface area contributed by atoms with Crippen molar-refractivity contribution in [2.75, 3.05) is 14.2 Å². The highest BCUT2D eigenvalue weighted by Gasteiger charge is 2.25. The molecule has 5 nitrogen and oxygen atoms in total. The molecule has 134 valence electrons. The first-order valence-electron chi connectivity index (χ1n) is 8.67. The molecular weight excluding hydrogens is 340 g/mol. The zero-order valence-corrected chi connectivity index (χ0v) is 15.1. The Morgan fingerprint density at radius 2 is 1.81 bits per heavy atom. The van der Waals surface area contributed by atoms with Crippen LogP contribution in [0, 0.1) is 11.3 Å². The maximum absolute atomic E-state index is 12.7. The molecule has 0 spiro atoms. The number of hydrogen-bond donors (Lipinski definition) is 1. The summed E-state index contributed by atoms with van der Waals surface area (Å²) in [5.41, 5.74) is 5.18. The fraction of sp³-hybridized carbons (Fsp3) is 0.182. The number of ether oxygens (including phenoxy) is 2. The number of fused-ring (bicyclic) bond motifs is 3. The molecule has 0 saturated carbocycles. The van der Waals surface area contributed by atoms with Crippen LogP contribution in [0.1, 0.15) is 16.7 Å². The van der Waals surface area contributed by atoms with Crippen molar-refractivity contribution < 1.29 is 9.47 Å². The van der Waals surface area contributed by atoms with Crippen LogP contribution in [-0.2, 0) is 12.8 Å². The Bertz CT molecular complexity index is 1140. The molecule has 1 aliphatic rings. The van der Waals surface area contributed by atoms with Crippen molar-refractivity contribution in [2.45, 2.75) is 12.8 Å². The molecule has 0 saturated heterocycles. The molecule has 1 heterocycles. The number of nitrogens with zero attached hydrogens (tertiary/aromatic N) is 1. The van der Waals surface area contributed by atoms with Crippen LogP contribution < -0.4 is 15.0 Å². The quantitative estimate of drug-likeness (QED) is 0.775. The Morgan fingerprint density at radius 3 is 2.56 bits per heavy atom. The summed E-state index contributed by atoms with van der Waals surface area (Å²) in [5, 5.41) is 9.66. The van der Waals surface area contributed by atoms with E-state index >= 15 is 0 Å². The minimum atomic E-state index is -0.377. The van der Waals surface area contributed by atoms with Crippen molar-refractivity contribution in [3.63, 3.8) is 0 Å². The van der Waals surface area contributed by atoms with Gasteiger partial charge in [0.25, 0.3) is 5.56 Å². The van der Waals surface area contributed by atoms with E-state index in [9.17, 15) is 10.1 Å². The number of pyridine rings is 1. The molecule has 1 aromatic heterocycles. The third-order valence-corrected chi connectivity index (χ3v) is 5.03. The maximum atomic E-state index is 12.7. The van der Waals surface area contributed by atoms with Crippen molar-refractivity contribution in [3.05, 3.63) is 69.5 Å². The van der Waals surface area contributed by atoms with E-state index < -0.39 is 0 Å². The van der Waals surface area contributed by atoms with Gasteiger partial charge in [-0.3, -0.25) is 4.79 Å². The van der Waals surface area contributed by atoms with E-state index in [0.29, 0.717) is 17.1 Å². The molecule has 0 amide bonds. The minimum absolute atomic E-state index is 0.125. The summed E-state index contributed by atoms with van der Waals surface area (Å²) >= 11 is 0. The van der Waals surface area contributed by atoms with E-state index in [-0.39, 0.29) is 11.1 Å². The van der Waals surface area contributed by atoms with Crippen LogP contribution in [0.3, 0.4) is 0 Å². The minimum Gasteiger partial charge on any atom is -0.493 e. The largest absolute Gasteiger partial charge is 0.493 e. The van der Waals surface area contributed by atoms with Crippen LogP contribution in [0.2, 0.25) is 0 Å². The van der Waals surface area contributed by atoms with Gasteiger partial charge in [0.1, 0.15) is 11.6 Å². The molecule has 3 aromatic rings. The Labute approximate surface area is 156 Å². The number of nitrogens with one attached hydrogen (secondary N) is 1. The van der Waals surface area contributed by atoms with Crippen molar-refractivity contribution >= 4 is 0 Å². The summed E-state index contributed by atoms with van der Waals surface area (Å²) in [4.78, 5) is 15.6. The molecule has 27 heavy (non-hydrogen) atoms. The zero-order valence-electron chi connectivity index (χ0n) is 15.1. The molecule has 1 N–H and O–H groups in total. The number of benzene rings is 2. The molecule has 0 atom stereocenters. The number of rotatable bonds is 3. The van der Waals surface area contributed by atoms with Crippen LogP contribution in [0.4, 0.5) is 0 Å². The number of aryl methyl sites for hydroxylation is 1. The van der Waals surface area contributed by atoms with Crippen molar-refractivity contribution in [2.24, 2.45) is 0 Å². The van der Waals surface area contributed by atoms with E-state index in [1.165, 1.54) is 5.56 Å². The normalized spacial score (nSPS) is 11.9. The highest BCUT2D eigenvalue weighted by molar-refractivity contribution is 5.83. The van der Waals surface area contributed by atoms with Crippen LogP contribution in [0.25, 0.3) is 22.4 Å². The first-order chi connectivity index (χ1) is 13.2. The van der Waals surface area contributed by atoms with Gasteiger partial charge in [0.15, 0.2) is 11.5 Å². The average molecular weight is 358 g/mol. The van der Waals surface area contributed by atoms with Crippen molar-refractivity contribution in [1.29, 1.82) is 5.26 Å². The van der Waals surface area contributed by atoms with Gasteiger partial charge in [-0.25, -0.2) is 0 Å². The lowest BCUT2D eigenvalue weighted by Gasteiger charge is -2.23. The number of nitriles is 1. The fourth-order valence-corrected chi connectivity index (χ4v) is 3.78. The Balaban J connectivity index is 2.04. The van der Waals surface area contributed by atoms with Crippen LogP contribution in [0.15, 0.2) is 47.3 Å². The SMILES string of the molecule is COc1ccc(-c2c3c([nH]c(=O)c2C#N)-c2ccccc2CC3)cc1OC. The smallest absolute Gasteiger partial charge is 0.266 e. The number of methoxy groups -OCH3 is 2. The molecular formula is C22H18N2O3. The number of hydrogen-bond acceptors (Lipinski definition) is 4. The highest BCUT2D eigenvalue weighted by Crippen LogP contribution is 2.40. The van der Waals surface area contributed by atoms with Gasteiger partial charge in [0.05, 0.1) is 19.9 Å². The second-order valence-corrected chi connectivity index (χ2v) is 6.40. The highest BCUT2D eigenvalue weighted by atomic mass is 16.5. The van der Waals surface area contributed by atoms with Crippen LogP contribution >= 0.6 is 0 Å². The molecule has 1 aliphatic carbocycles. The molecule has 0 fully saturated rings. The van der Waals surface area contributed by atoms with Gasteiger partial charge >= 0.3 is 0 Å². The van der Waals surface area contributed by atoms with Crippen LogP contribution in [0.5, 0.6) is 11.5 Å². The van der Waals surface area contributed by atoms with Crippen molar-refractivity contribution in [1.82, 2.24) is 4.98 Å². The Kier molecular flexibility index (Phi) is 4.17. The average Bonchev–Trinajstić information content (AvgIpc) is 2.72. The molecule has 0 unspecified atom stereocenters. The van der Waals surface area contributed by atoms with Gasteiger partial charge < -0.3 is 14.5 Å². The number of H-pyrrole nitrogens is 1. The van der Waals surface area contributed by atoms with Gasteiger partial charge in [0, 0.05) is 11.1 Å². The Morgan fingerprint density at radius 1 is 1.04 bits per heavy atom. The topological polar surface area (TPSA) is 75.1 Å². The maximum Gasteiger partial charge on any atom is 0.266 e. The molecule has 0 aliphatic heterocycles. The van der Waals surface area contributed by atoms with Crippen LogP contribution in [-0.4, -0.2) is 19.2 Å². The summed E-state index contributed by atoms with van der Waals surface area (Å²) in [6.07, 6.45) is 1.61. The molecule has 0 bridgehead atoms. The van der Waals surface area contributed by atoms with E-state index in [0.717, 1.165) is 35.2 Å². The van der Waals surface area contributed by atoms with Gasteiger partial charge in [-0.05, 0) is 41.7 Å². The van der Waals surface area contributed by atoms with Crippen molar-refractivity contribution in [3.8, 4) is 40.0 Å². The lowest BCUT2D eigenvalue weighted by atomic mass is 9.83. The second-order valence-electron chi connectivity index (χ2n) is 6.40. The summed E-state index contributed by atoms with van der Waals surface area (Å²) in [6.45, 7) is 0. The summed E-state index contributed by atoms with van der Waals surface area (Å²) in [6, 6.07) is 15.6. The summed E-state index contributed by atoms with van der Waals surface area (Å²) < 4.78 is 10.7. The van der Waals surface area contributed by atoms with Gasteiger partial charge in [-0.2, -0.15) is 5.26 Å². The summed E-state index contributed by atoms with van der Waals surface area (Å²) in [7, 11) is 3.14. The molecule has 0 radical (unpaired) electrons. The predicted molar refractivity (Wildman–Crippen MR) is 103 cm³/mol. The van der Waals surface area contributed by atoms with E-state index in [2.05, 4.69) is 17.1 Å². The Hall–Kier alpha value is -3.52. The van der Waals surface area contributed by atoms with E-state index in [1.807, 2.05) is 30.3 Å². The predicted octanol–water partition coefficient (Wildman–Crippen LogP) is 3.70. The van der Waals surface area contributed by atoms with E-state index in [1.54, 1.807) is 20.3 Å². The van der Waals surface area contributed by atoms with Gasteiger partial charge in [0.2, 0.25) is 0 Å². The zero-order chi connectivity index (χ0) is 19.0. The number of aromatic amines is 1. The fourth-order valence-electron chi connectivity index (χ4n) is 3.78. The molecule has 5 heteroatoms. The monoisotopic (exact) mass is 358 g/mol. The van der Waals surface area contributed by atoms with Gasteiger partial charge in [-0.1, -0.05) is 30.3 Å². The lowest BCUT2D eigenvalue weighted by Crippen LogP contribution is -2.19. The first kappa shape index (κ1) is 16.9. The molecule has 4 rings (SSSR count). The second kappa shape index (κ2) is 6.65. The third kappa shape index (κ3) is 2.67. The standard InChI is InChI=1S/C22H18N2O3/c1-26-18-10-8-14(11-19(18)27-2)20-16-9-7-13-5-3-4-6-15(13)21(16)24-22(25)17(20)12-23/h3-6,8,10-11H,7,9H2,1-2H3,(H,24,25). The number of aromatic nitrogens is 1. The third-order valence-electron chi connectivity index (χ3n) is 5.03. The summed E-state index contributed by atoms with van der Waals surface area (Å²) in [5.74, 6) is 1.16. The first-order valence-corrected chi connectivity index (χ1v) is 8.67.